The summed E-state index contributed by atoms with van der Waals surface area (Å²) in [5.74, 6) is -0.274. The number of rotatable bonds is 5. The lowest BCUT2D eigenvalue weighted by atomic mass is 10.0. The first-order valence-corrected chi connectivity index (χ1v) is 7.56. The molecule has 0 fully saturated rings. The first-order valence-electron chi connectivity index (χ1n) is 6.37. The van der Waals surface area contributed by atoms with Crippen LogP contribution in [0.2, 0.25) is 4.34 Å². The molecule has 0 aliphatic carbocycles. The number of halogens is 1. The van der Waals surface area contributed by atoms with Gasteiger partial charge in [0.1, 0.15) is 0 Å². The van der Waals surface area contributed by atoms with Crippen molar-refractivity contribution in [1.29, 1.82) is 0 Å². The first kappa shape index (κ1) is 15.0. The number of hydrogen-bond acceptors (Lipinski definition) is 4. The fourth-order valence-electron chi connectivity index (χ4n) is 1.91. The van der Waals surface area contributed by atoms with Crippen molar-refractivity contribution in [2.45, 2.75) is 19.4 Å². The lowest BCUT2D eigenvalue weighted by Gasteiger charge is -2.12. The predicted octanol–water partition coefficient (Wildman–Crippen LogP) is 4.02. The highest BCUT2D eigenvalue weighted by Gasteiger charge is 2.13. The number of carbonyl (C=O) groups excluding carboxylic acids is 1. The fourth-order valence-corrected chi connectivity index (χ4v) is 2.95. The Morgan fingerprint density at radius 1 is 1.40 bits per heavy atom. The molecule has 20 heavy (non-hydrogen) atoms. The largest absolute Gasteiger partial charge is 0.466 e. The van der Waals surface area contributed by atoms with Gasteiger partial charge in [-0.05, 0) is 36.2 Å². The van der Waals surface area contributed by atoms with Crippen LogP contribution in [0.1, 0.15) is 24.9 Å². The number of benzene rings is 1. The molecule has 1 atom stereocenters. The van der Waals surface area contributed by atoms with E-state index in [9.17, 15) is 4.79 Å². The molecule has 0 spiro atoms. The smallest absolute Gasteiger partial charge is 0.307 e. The molecule has 3 nitrogen and oxygen atoms in total. The Balaban J connectivity index is 2.15. The fraction of sp³-hybridized carbons (Fsp3) is 0.267. The van der Waals surface area contributed by atoms with E-state index in [2.05, 4.69) is 0 Å². The van der Waals surface area contributed by atoms with Gasteiger partial charge in [-0.25, -0.2) is 0 Å². The Morgan fingerprint density at radius 2 is 2.20 bits per heavy atom. The number of nitrogens with two attached hydrogens (primary N) is 1. The molecule has 106 valence electrons. The van der Waals surface area contributed by atoms with E-state index < -0.39 is 0 Å². The van der Waals surface area contributed by atoms with Gasteiger partial charge in [-0.15, -0.1) is 11.3 Å². The zero-order valence-electron chi connectivity index (χ0n) is 11.1. The molecule has 0 radical (unpaired) electrons. The summed E-state index contributed by atoms with van der Waals surface area (Å²) in [6.07, 6.45) is 0.183. The summed E-state index contributed by atoms with van der Waals surface area (Å²) in [6, 6.07) is 11.3. The van der Waals surface area contributed by atoms with E-state index in [-0.39, 0.29) is 18.4 Å². The summed E-state index contributed by atoms with van der Waals surface area (Å²) in [5, 5.41) is 0. The average molecular weight is 310 g/mol. The van der Waals surface area contributed by atoms with Gasteiger partial charge in [0.15, 0.2) is 0 Å². The van der Waals surface area contributed by atoms with E-state index in [4.69, 9.17) is 22.1 Å². The highest BCUT2D eigenvalue weighted by molar-refractivity contribution is 7.19. The van der Waals surface area contributed by atoms with Crippen molar-refractivity contribution in [2.24, 2.45) is 5.73 Å². The molecule has 1 unspecified atom stereocenters. The van der Waals surface area contributed by atoms with Gasteiger partial charge >= 0.3 is 5.97 Å². The summed E-state index contributed by atoms with van der Waals surface area (Å²) in [7, 11) is 0. The maximum Gasteiger partial charge on any atom is 0.307 e. The van der Waals surface area contributed by atoms with Crippen LogP contribution in [0.25, 0.3) is 10.4 Å². The van der Waals surface area contributed by atoms with Crippen LogP contribution in [-0.4, -0.2) is 12.6 Å². The highest BCUT2D eigenvalue weighted by atomic mass is 35.5. The SMILES string of the molecule is CCOC(=O)CC(N)c1cccc(-c2ccc(Cl)s2)c1. The van der Waals surface area contributed by atoms with E-state index in [0.717, 1.165) is 20.3 Å². The zero-order chi connectivity index (χ0) is 14.5. The second kappa shape index (κ2) is 6.88. The lowest BCUT2D eigenvalue weighted by Crippen LogP contribution is -2.17. The third kappa shape index (κ3) is 3.82. The van der Waals surface area contributed by atoms with Crippen LogP contribution in [0.5, 0.6) is 0 Å². The molecule has 2 rings (SSSR count). The summed E-state index contributed by atoms with van der Waals surface area (Å²) >= 11 is 7.47. The van der Waals surface area contributed by atoms with Gasteiger partial charge in [-0.1, -0.05) is 29.8 Å². The van der Waals surface area contributed by atoms with Gasteiger partial charge in [-0.3, -0.25) is 4.79 Å². The predicted molar refractivity (Wildman–Crippen MR) is 82.9 cm³/mol. The summed E-state index contributed by atoms with van der Waals surface area (Å²) in [4.78, 5) is 12.6. The molecule has 5 heteroatoms. The van der Waals surface area contributed by atoms with E-state index >= 15 is 0 Å². The molecular formula is C15H16ClNO2S. The molecule has 0 bridgehead atoms. The van der Waals surface area contributed by atoms with E-state index in [1.54, 1.807) is 6.92 Å². The van der Waals surface area contributed by atoms with Crippen molar-refractivity contribution >= 4 is 28.9 Å². The Morgan fingerprint density at radius 3 is 2.85 bits per heavy atom. The minimum Gasteiger partial charge on any atom is -0.466 e. The number of hydrogen-bond donors (Lipinski definition) is 1. The van der Waals surface area contributed by atoms with Crippen molar-refractivity contribution in [3.8, 4) is 10.4 Å². The lowest BCUT2D eigenvalue weighted by molar-refractivity contribution is -0.143. The Kier molecular flexibility index (Phi) is 5.17. The van der Waals surface area contributed by atoms with Crippen molar-refractivity contribution in [2.75, 3.05) is 6.61 Å². The van der Waals surface area contributed by atoms with Gasteiger partial charge in [-0.2, -0.15) is 0 Å². The maximum absolute atomic E-state index is 11.5. The zero-order valence-corrected chi connectivity index (χ0v) is 12.7. The molecule has 2 aromatic rings. The number of carbonyl (C=O) groups is 1. The third-order valence-electron chi connectivity index (χ3n) is 2.86. The van der Waals surface area contributed by atoms with Crippen LogP contribution in [0, 0.1) is 0 Å². The normalized spacial score (nSPS) is 12.2. The number of esters is 1. The van der Waals surface area contributed by atoms with Crippen LogP contribution in [0.3, 0.4) is 0 Å². The quantitative estimate of drug-likeness (QED) is 0.849. The summed E-state index contributed by atoms with van der Waals surface area (Å²) < 4.78 is 5.67. The van der Waals surface area contributed by atoms with Crippen LogP contribution in [0.4, 0.5) is 0 Å². The molecule has 1 aromatic carbocycles. The van der Waals surface area contributed by atoms with E-state index in [0.29, 0.717) is 6.61 Å². The molecule has 0 amide bonds. The van der Waals surface area contributed by atoms with E-state index in [1.807, 2.05) is 36.4 Å². The number of thiophene rings is 1. The van der Waals surface area contributed by atoms with E-state index in [1.165, 1.54) is 11.3 Å². The molecule has 2 N–H and O–H groups in total. The standard InChI is InChI=1S/C15H16ClNO2S/c1-2-19-15(18)9-12(17)10-4-3-5-11(8-10)13-6-7-14(16)20-13/h3-8,12H,2,9,17H2,1H3. The molecule has 0 saturated heterocycles. The first-order chi connectivity index (χ1) is 9.60. The Hall–Kier alpha value is -1.36. The van der Waals surface area contributed by atoms with Crippen LogP contribution < -0.4 is 5.73 Å². The van der Waals surface area contributed by atoms with Crippen LogP contribution in [-0.2, 0) is 9.53 Å². The van der Waals surface area contributed by atoms with Crippen molar-refractivity contribution in [1.82, 2.24) is 0 Å². The Labute approximate surface area is 127 Å². The molecule has 0 aliphatic heterocycles. The van der Waals surface area contributed by atoms with Gasteiger partial charge in [0.05, 0.1) is 17.4 Å². The van der Waals surface area contributed by atoms with Gasteiger partial charge in [0.25, 0.3) is 0 Å². The van der Waals surface area contributed by atoms with Crippen molar-refractivity contribution in [3.63, 3.8) is 0 Å². The summed E-state index contributed by atoms with van der Waals surface area (Å²) in [6.45, 7) is 2.16. The second-order valence-electron chi connectivity index (χ2n) is 4.34. The highest BCUT2D eigenvalue weighted by Crippen LogP contribution is 2.32. The molecule has 0 saturated carbocycles. The van der Waals surface area contributed by atoms with Gasteiger partial charge < -0.3 is 10.5 Å². The summed E-state index contributed by atoms with van der Waals surface area (Å²) in [5.41, 5.74) is 8.03. The van der Waals surface area contributed by atoms with Crippen LogP contribution in [0.15, 0.2) is 36.4 Å². The molecule has 1 aromatic heterocycles. The number of ether oxygens (including phenoxy) is 1. The Bertz CT molecular complexity index is 597. The monoisotopic (exact) mass is 309 g/mol. The maximum atomic E-state index is 11.5. The average Bonchev–Trinajstić information content (AvgIpc) is 2.86. The van der Waals surface area contributed by atoms with Gasteiger partial charge in [0, 0.05) is 10.9 Å². The second-order valence-corrected chi connectivity index (χ2v) is 6.06. The minimum atomic E-state index is -0.357. The third-order valence-corrected chi connectivity index (χ3v) is 4.14. The molecular weight excluding hydrogens is 294 g/mol. The van der Waals surface area contributed by atoms with Crippen molar-refractivity contribution in [3.05, 3.63) is 46.3 Å². The topological polar surface area (TPSA) is 52.3 Å². The minimum absolute atomic E-state index is 0.183. The molecule has 1 heterocycles. The molecule has 0 aliphatic rings. The van der Waals surface area contributed by atoms with Gasteiger partial charge in [0.2, 0.25) is 0 Å². The van der Waals surface area contributed by atoms with Crippen molar-refractivity contribution < 1.29 is 9.53 Å². The van der Waals surface area contributed by atoms with Crippen LogP contribution >= 0.6 is 22.9 Å².